The molecule has 0 bridgehead atoms. The minimum absolute atomic E-state index is 0.151. The number of benzene rings is 2. The molecule has 1 fully saturated rings. The van der Waals surface area contributed by atoms with Gasteiger partial charge in [0, 0.05) is 30.2 Å². The molecule has 3 N–H and O–H groups in total. The molecular weight excluding hydrogens is 250 g/mol. The smallest absolute Gasteiger partial charge is 0.170 e. The first kappa shape index (κ1) is 12.8. The number of hydrogen-bond acceptors (Lipinski definition) is 3. The lowest BCUT2D eigenvalue weighted by Crippen LogP contribution is -2.21. The second-order valence-corrected chi connectivity index (χ2v) is 5.49. The minimum atomic E-state index is 0.151. The molecule has 1 saturated carbocycles. The number of anilines is 1. The molecule has 3 rings (SSSR count). The fraction of sp³-hybridized carbons (Fsp3) is 0.312. The van der Waals surface area contributed by atoms with Crippen LogP contribution in [-0.2, 0) is 0 Å². The molecular formula is C16H19N3O. The van der Waals surface area contributed by atoms with Crippen LogP contribution < -0.4 is 10.6 Å². The predicted molar refractivity (Wildman–Crippen MR) is 82.5 cm³/mol. The van der Waals surface area contributed by atoms with Gasteiger partial charge >= 0.3 is 0 Å². The Morgan fingerprint density at radius 1 is 1.25 bits per heavy atom. The van der Waals surface area contributed by atoms with E-state index in [1.54, 1.807) is 0 Å². The second kappa shape index (κ2) is 5.04. The number of nitrogens with zero attached hydrogens (tertiary/aromatic N) is 2. The number of rotatable bonds is 4. The molecule has 0 atom stereocenters. The maximum absolute atomic E-state index is 8.91. The molecule has 0 radical (unpaired) electrons. The monoisotopic (exact) mass is 269 g/mol. The summed E-state index contributed by atoms with van der Waals surface area (Å²) >= 11 is 0. The molecule has 0 spiro atoms. The first-order chi connectivity index (χ1) is 9.70. The van der Waals surface area contributed by atoms with Gasteiger partial charge in [0.15, 0.2) is 5.84 Å². The molecule has 20 heavy (non-hydrogen) atoms. The van der Waals surface area contributed by atoms with Crippen LogP contribution in [-0.4, -0.2) is 24.6 Å². The molecule has 2 aromatic carbocycles. The molecule has 0 amide bonds. The van der Waals surface area contributed by atoms with Crippen molar-refractivity contribution in [3.05, 3.63) is 42.0 Å². The Morgan fingerprint density at radius 3 is 2.60 bits per heavy atom. The van der Waals surface area contributed by atoms with Crippen molar-refractivity contribution in [3.63, 3.8) is 0 Å². The quantitative estimate of drug-likeness (QED) is 0.388. The van der Waals surface area contributed by atoms with Gasteiger partial charge in [-0.2, -0.15) is 0 Å². The summed E-state index contributed by atoms with van der Waals surface area (Å²) in [6.07, 6.45) is 2.68. The van der Waals surface area contributed by atoms with Crippen LogP contribution in [0.25, 0.3) is 10.8 Å². The van der Waals surface area contributed by atoms with Crippen molar-refractivity contribution in [2.45, 2.75) is 12.8 Å². The SMILES string of the molecule is CN(CC1CC1)c1ccc(/C(N)=N/O)c2ccccc12. The summed E-state index contributed by atoms with van der Waals surface area (Å²) in [5.41, 5.74) is 7.73. The molecule has 1 aliphatic carbocycles. The number of amidine groups is 1. The lowest BCUT2D eigenvalue weighted by Gasteiger charge is -2.22. The topological polar surface area (TPSA) is 61.8 Å². The highest BCUT2D eigenvalue weighted by Crippen LogP contribution is 2.34. The van der Waals surface area contributed by atoms with E-state index in [2.05, 4.69) is 29.2 Å². The van der Waals surface area contributed by atoms with Crippen LogP contribution in [0.2, 0.25) is 0 Å². The summed E-state index contributed by atoms with van der Waals surface area (Å²) in [6.45, 7) is 1.09. The van der Waals surface area contributed by atoms with Crippen LogP contribution in [0.3, 0.4) is 0 Å². The van der Waals surface area contributed by atoms with Crippen LogP contribution in [0.15, 0.2) is 41.6 Å². The van der Waals surface area contributed by atoms with Crippen LogP contribution in [0.4, 0.5) is 5.69 Å². The van der Waals surface area contributed by atoms with E-state index in [-0.39, 0.29) is 5.84 Å². The van der Waals surface area contributed by atoms with Crippen molar-refractivity contribution >= 4 is 22.3 Å². The third kappa shape index (κ3) is 2.29. The van der Waals surface area contributed by atoms with E-state index in [1.807, 2.05) is 24.3 Å². The van der Waals surface area contributed by atoms with Gasteiger partial charge in [0.1, 0.15) is 0 Å². The van der Waals surface area contributed by atoms with Gasteiger partial charge in [-0.15, -0.1) is 0 Å². The second-order valence-electron chi connectivity index (χ2n) is 5.49. The van der Waals surface area contributed by atoms with E-state index in [1.165, 1.54) is 18.5 Å². The van der Waals surface area contributed by atoms with Gasteiger partial charge in [-0.25, -0.2) is 0 Å². The van der Waals surface area contributed by atoms with Crippen molar-refractivity contribution in [2.24, 2.45) is 16.8 Å². The molecule has 0 aromatic heterocycles. The summed E-state index contributed by atoms with van der Waals surface area (Å²) < 4.78 is 0. The number of fused-ring (bicyclic) bond motifs is 1. The van der Waals surface area contributed by atoms with Crippen molar-refractivity contribution in [2.75, 3.05) is 18.5 Å². The van der Waals surface area contributed by atoms with Gasteiger partial charge in [0.2, 0.25) is 0 Å². The molecule has 0 heterocycles. The highest BCUT2D eigenvalue weighted by atomic mass is 16.4. The largest absolute Gasteiger partial charge is 0.409 e. The Morgan fingerprint density at radius 2 is 1.95 bits per heavy atom. The summed E-state index contributed by atoms with van der Waals surface area (Å²) in [5.74, 6) is 0.986. The Bertz CT molecular complexity index is 662. The average molecular weight is 269 g/mol. The van der Waals surface area contributed by atoms with Crippen LogP contribution in [0.5, 0.6) is 0 Å². The van der Waals surface area contributed by atoms with E-state index in [4.69, 9.17) is 10.9 Å². The molecule has 4 heteroatoms. The average Bonchev–Trinajstić information content (AvgIpc) is 3.29. The van der Waals surface area contributed by atoms with Gasteiger partial charge < -0.3 is 15.8 Å². The summed E-state index contributed by atoms with van der Waals surface area (Å²) in [4.78, 5) is 2.30. The number of oxime groups is 1. The first-order valence-electron chi connectivity index (χ1n) is 6.91. The molecule has 0 saturated heterocycles. The Labute approximate surface area is 118 Å². The van der Waals surface area contributed by atoms with Gasteiger partial charge in [-0.1, -0.05) is 29.4 Å². The molecule has 2 aromatic rings. The molecule has 0 aliphatic heterocycles. The number of nitrogens with two attached hydrogens (primary N) is 1. The van der Waals surface area contributed by atoms with Crippen LogP contribution in [0, 0.1) is 5.92 Å². The van der Waals surface area contributed by atoms with Gasteiger partial charge in [-0.05, 0) is 36.3 Å². The third-order valence-corrected chi connectivity index (χ3v) is 3.92. The molecule has 0 unspecified atom stereocenters. The Kier molecular flexibility index (Phi) is 3.22. The minimum Gasteiger partial charge on any atom is -0.409 e. The van der Waals surface area contributed by atoms with Gasteiger partial charge in [-0.3, -0.25) is 0 Å². The zero-order valence-corrected chi connectivity index (χ0v) is 11.6. The Hall–Kier alpha value is -2.23. The standard InChI is InChI=1S/C16H19N3O/c1-19(10-11-6-7-11)15-9-8-14(16(17)18-20)12-4-2-3-5-13(12)15/h2-5,8-9,11,20H,6-7,10H2,1H3,(H2,17,18). The molecule has 4 nitrogen and oxygen atoms in total. The van der Waals surface area contributed by atoms with Gasteiger partial charge in [0.25, 0.3) is 0 Å². The van der Waals surface area contributed by atoms with E-state index in [0.29, 0.717) is 0 Å². The van der Waals surface area contributed by atoms with E-state index in [0.717, 1.165) is 28.8 Å². The fourth-order valence-electron chi connectivity index (χ4n) is 2.68. The maximum atomic E-state index is 8.91. The maximum Gasteiger partial charge on any atom is 0.170 e. The lowest BCUT2D eigenvalue weighted by molar-refractivity contribution is 0.318. The van der Waals surface area contributed by atoms with Crippen LogP contribution in [0.1, 0.15) is 18.4 Å². The predicted octanol–water partition coefficient (Wildman–Crippen LogP) is 2.78. The van der Waals surface area contributed by atoms with E-state index < -0.39 is 0 Å². The zero-order chi connectivity index (χ0) is 14.1. The first-order valence-corrected chi connectivity index (χ1v) is 6.91. The summed E-state index contributed by atoms with van der Waals surface area (Å²) in [5, 5.41) is 14.2. The Balaban J connectivity index is 2.10. The highest BCUT2D eigenvalue weighted by molar-refractivity contribution is 6.11. The highest BCUT2D eigenvalue weighted by Gasteiger charge is 2.23. The van der Waals surface area contributed by atoms with E-state index in [9.17, 15) is 0 Å². The van der Waals surface area contributed by atoms with E-state index >= 15 is 0 Å². The zero-order valence-electron chi connectivity index (χ0n) is 11.6. The van der Waals surface area contributed by atoms with Crippen LogP contribution >= 0.6 is 0 Å². The summed E-state index contributed by atoms with van der Waals surface area (Å²) in [6, 6.07) is 12.1. The summed E-state index contributed by atoms with van der Waals surface area (Å²) in [7, 11) is 2.13. The number of hydrogen-bond donors (Lipinski definition) is 2. The molecule has 1 aliphatic rings. The molecule has 104 valence electrons. The van der Waals surface area contributed by atoms with Crippen molar-refractivity contribution in [1.29, 1.82) is 0 Å². The third-order valence-electron chi connectivity index (χ3n) is 3.92. The van der Waals surface area contributed by atoms with Gasteiger partial charge in [0.05, 0.1) is 0 Å². The van der Waals surface area contributed by atoms with Crippen molar-refractivity contribution < 1.29 is 5.21 Å². The lowest BCUT2D eigenvalue weighted by atomic mass is 10.0. The van der Waals surface area contributed by atoms with Crippen molar-refractivity contribution in [1.82, 2.24) is 0 Å². The normalized spacial score (nSPS) is 15.6. The van der Waals surface area contributed by atoms with Crippen molar-refractivity contribution in [3.8, 4) is 0 Å². The fourth-order valence-corrected chi connectivity index (χ4v) is 2.68.